The van der Waals surface area contributed by atoms with Crippen LogP contribution in [-0.2, 0) is 6.42 Å². The lowest BCUT2D eigenvalue weighted by Crippen LogP contribution is -2.55. The number of hydrogen-bond donors (Lipinski definition) is 2. The van der Waals surface area contributed by atoms with Crippen LogP contribution in [0.4, 0.5) is 16.2 Å². The van der Waals surface area contributed by atoms with E-state index in [1.807, 2.05) is 11.8 Å². The largest absolute Gasteiger partial charge is 0.338 e. The van der Waals surface area contributed by atoms with Crippen LogP contribution in [-0.4, -0.2) is 62.9 Å². The fourth-order valence-electron chi connectivity index (χ4n) is 4.05. The Morgan fingerprint density at radius 1 is 1.21 bits per heavy atom. The van der Waals surface area contributed by atoms with Crippen LogP contribution >= 0.6 is 0 Å². The number of anilines is 2. The van der Waals surface area contributed by atoms with Crippen LogP contribution in [0.25, 0.3) is 0 Å². The van der Waals surface area contributed by atoms with Crippen LogP contribution in [0.2, 0.25) is 0 Å². The summed E-state index contributed by atoms with van der Waals surface area (Å²) in [6.07, 6.45) is 6.95. The van der Waals surface area contributed by atoms with E-state index in [1.54, 1.807) is 36.4 Å². The van der Waals surface area contributed by atoms with E-state index < -0.39 is 12.2 Å². The molecule has 0 bridgehead atoms. The highest BCUT2D eigenvalue weighted by molar-refractivity contribution is 5.96. The first kappa shape index (κ1) is 22.8. The molecule has 2 aromatic rings. The minimum absolute atomic E-state index is 0.0599. The first-order valence-electron chi connectivity index (χ1n) is 11.2. The molecule has 176 valence electrons. The average molecular weight is 456 g/mol. The minimum atomic E-state index is -1.20. The minimum Gasteiger partial charge on any atom is -0.338 e. The molecule has 2 fully saturated rings. The molecular formula is C22H30FN9O. The summed E-state index contributed by atoms with van der Waals surface area (Å²) in [5.74, 6) is 12.3. The van der Waals surface area contributed by atoms with Crippen molar-refractivity contribution in [2.24, 2.45) is 16.8 Å². The van der Waals surface area contributed by atoms with Gasteiger partial charge in [0.05, 0.1) is 18.2 Å². The Morgan fingerprint density at radius 2 is 1.94 bits per heavy atom. The number of hydrazone groups is 1. The summed E-state index contributed by atoms with van der Waals surface area (Å²) in [6.45, 7) is 4.43. The van der Waals surface area contributed by atoms with E-state index in [-0.39, 0.29) is 18.5 Å². The van der Waals surface area contributed by atoms with Crippen molar-refractivity contribution in [2.45, 2.75) is 57.8 Å². The van der Waals surface area contributed by atoms with Crippen LogP contribution in [0, 0.1) is 0 Å². The smallest absolute Gasteiger partial charge is 0.256 e. The molecule has 1 aliphatic heterocycles. The number of nitrogens with zero attached hydrogens (tertiary/aromatic N) is 7. The van der Waals surface area contributed by atoms with Crippen molar-refractivity contribution in [1.82, 2.24) is 19.9 Å². The lowest BCUT2D eigenvalue weighted by Gasteiger charge is -2.41. The number of carbonyl (C=O) groups excluding carboxylic acids is 1. The second-order valence-corrected chi connectivity index (χ2v) is 8.46. The van der Waals surface area contributed by atoms with Gasteiger partial charge in [-0.2, -0.15) is 5.10 Å². The van der Waals surface area contributed by atoms with Crippen LogP contribution in [0.3, 0.4) is 0 Å². The number of halogens is 1. The topological polar surface area (TPSA) is 130 Å². The fourth-order valence-corrected chi connectivity index (χ4v) is 4.05. The van der Waals surface area contributed by atoms with Crippen molar-refractivity contribution in [1.29, 1.82) is 0 Å². The van der Waals surface area contributed by atoms with E-state index in [0.29, 0.717) is 36.1 Å². The molecule has 2 aliphatic rings. The molecule has 1 saturated heterocycles. The Morgan fingerprint density at radius 3 is 2.48 bits per heavy atom. The lowest BCUT2D eigenvalue weighted by molar-refractivity contribution is 0.0486. The second-order valence-electron chi connectivity index (χ2n) is 8.46. The number of rotatable bonds is 6. The second kappa shape index (κ2) is 9.65. The van der Waals surface area contributed by atoms with Gasteiger partial charge >= 0.3 is 0 Å². The summed E-state index contributed by atoms with van der Waals surface area (Å²) in [7, 11) is 0. The number of aromatic nitrogens is 3. The Labute approximate surface area is 192 Å². The molecule has 0 aromatic carbocycles. The van der Waals surface area contributed by atoms with Gasteiger partial charge in [0.2, 0.25) is 5.95 Å². The van der Waals surface area contributed by atoms with E-state index in [0.717, 1.165) is 24.8 Å². The molecule has 0 unspecified atom stereocenters. The molecule has 4 rings (SSSR count). The van der Waals surface area contributed by atoms with Gasteiger partial charge < -0.3 is 15.6 Å². The monoisotopic (exact) mass is 455 g/mol. The molecule has 0 spiro atoms. The molecule has 0 radical (unpaired) electrons. The molecule has 1 aliphatic carbocycles. The number of aryl methyl sites for hydroxylation is 1. The van der Waals surface area contributed by atoms with Gasteiger partial charge in [-0.3, -0.25) is 4.79 Å². The van der Waals surface area contributed by atoms with Gasteiger partial charge in [-0.15, -0.1) is 0 Å². The number of alkyl halides is 1. The van der Waals surface area contributed by atoms with E-state index in [4.69, 9.17) is 11.7 Å². The van der Waals surface area contributed by atoms with Gasteiger partial charge in [0.15, 0.2) is 0 Å². The third-order valence-corrected chi connectivity index (χ3v) is 6.20. The molecule has 11 heteroatoms. The van der Waals surface area contributed by atoms with E-state index >= 15 is 4.39 Å². The summed E-state index contributed by atoms with van der Waals surface area (Å²) in [6, 6.07) is 2.84. The maximum absolute atomic E-state index is 15.4. The van der Waals surface area contributed by atoms with Crippen LogP contribution in [0.1, 0.15) is 49.0 Å². The van der Waals surface area contributed by atoms with Crippen molar-refractivity contribution in [3.05, 3.63) is 41.9 Å². The molecule has 1 saturated carbocycles. The average Bonchev–Trinajstić information content (AvgIpc) is 3.69. The van der Waals surface area contributed by atoms with Crippen LogP contribution < -0.4 is 21.6 Å². The number of nitrogens with two attached hydrogens (primary N) is 2. The number of amidine groups is 1. The van der Waals surface area contributed by atoms with E-state index in [2.05, 4.69) is 20.1 Å². The van der Waals surface area contributed by atoms with Crippen LogP contribution in [0.5, 0.6) is 0 Å². The van der Waals surface area contributed by atoms with Crippen LogP contribution in [0.15, 0.2) is 35.8 Å². The summed E-state index contributed by atoms with van der Waals surface area (Å²) >= 11 is 0. The Kier molecular flexibility index (Phi) is 6.68. The van der Waals surface area contributed by atoms with Crippen molar-refractivity contribution >= 4 is 23.5 Å². The fraction of sp³-hybridized carbons (Fsp3) is 0.500. The highest BCUT2D eigenvalue weighted by Crippen LogP contribution is 2.34. The molecule has 10 nitrogen and oxygen atoms in total. The number of hydrazine groups is 1. The Hall–Kier alpha value is -3.34. The summed E-state index contributed by atoms with van der Waals surface area (Å²) < 4.78 is 15.4. The van der Waals surface area contributed by atoms with Crippen molar-refractivity contribution in [2.75, 3.05) is 23.0 Å². The number of hydrogen-bond acceptors (Lipinski definition) is 8. The first-order valence-corrected chi connectivity index (χ1v) is 11.2. The van der Waals surface area contributed by atoms with Gasteiger partial charge in [0, 0.05) is 31.2 Å². The predicted octanol–water partition coefficient (Wildman–Crippen LogP) is 1.63. The summed E-state index contributed by atoms with van der Waals surface area (Å²) in [5, 5.41) is 4.77. The standard InChI is InChI=1S/C22H30FN9O/c1-3-15-10-27-22(28-11-15)30-9-8-19(18(23)13-30)31(17-5-6-17)21(33)16-4-7-20(26-12-16)32(25)14(2)29-24/h4,7,10-12,17-19H,3,5-6,8-9,13,24-25H2,1-2H3/b29-14-/t18-,19+/m0/s1. The zero-order valence-electron chi connectivity index (χ0n) is 18.9. The Bertz CT molecular complexity index is 994. The van der Waals surface area contributed by atoms with Crippen molar-refractivity contribution in [3.8, 4) is 0 Å². The molecule has 33 heavy (non-hydrogen) atoms. The molecule has 4 N–H and O–H groups in total. The van der Waals surface area contributed by atoms with Gasteiger partial charge in [0.25, 0.3) is 5.91 Å². The van der Waals surface area contributed by atoms with E-state index in [9.17, 15) is 4.79 Å². The quantitative estimate of drug-likeness (QED) is 0.291. The molecular weight excluding hydrogens is 425 g/mol. The maximum Gasteiger partial charge on any atom is 0.256 e. The number of carbonyl (C=O) groups is 1. The highest BCUT2D eigenvalue weighted by Gasteiger charge is 2.43. The molecule has 2 aromatic heterocycles. The van der Waals surface area contributed by atoms with E-state index in [1.165, 1.54) is 11.2 Å². The van der Waals surface area contributed by atoms with Crippen molar-refractivity contribution in [3.63, 3.8) is 0 Å². The third-order valence-electron chi connectivity index (χ3n) is 6.20. The summed E-state index contributed by atoms with van der Waals surface area (Å²) in [5.41, 5.74) is 1.44. The van der Waals surface area contributed by atoms with Gasteiger partial charge in [-0.1, -0.05) is 6.92 Å². The Balaban J connectivity index is 1.47. The molecule has 3 heterocycles. The van der Waals surface area contributed by atoms with Gasteiger partial charge in [-0.25, -0.2) is 30.2 Å². The predicted molar refractivity (Wildman–Crippen MR) is 124 cm³/mol. The third kappa shape index (κ3) is 4.87. The van der Waals surface area contributed by atoms with Crippen molar-refractivity contribution < 1.29 is 9.18 Å². The molecule has 2 atom stereocenters. The van der Waals surface area contributed by atoms with Gasteiger partial charge in [0.1, 0.15) is 17.8 Å². The van der Waals surface area contributed by atoms with Gasteiger partial charge in [-0.05, 0) is 50.3 Å². The molecule has 1 amide bonds. The maximum atomic E-state index is 15.4. The lowest BCUT2D eigenvalue weighted by atomic mass is 10.00. The number of pyridine rings is 1. The normalized spacial score (nSPS) is 21.1. The highest BCUT2D eigenvalue weighted by atomic mass is 19.1. The zero-order valence-corrected chi connectivity index (χ0v) is 18.9. The number of piperidine rings is 1. The first-order chi connectivity index (χ1) is 15.9. The zero-order chi connectivity index (χ0) is 23.5. The number of amides is 1. The summed E-state index contributed by atoms with van der Waals surface area (Å²) in [4.78, 5) is 29.9. The SMILES string of the molecule is CCc1cnc(N2CC[C@@H](N(C(=O)c3ccc(N(N)/C(C)=N\N)nc3)C3CC3)[C@@H](F)C2)nc1.